The summed E-state index contributed by atoms with van der Waals surface area (Å²) >= 11 is 0. The van der Waals surface area contributed by atoms with E-state index in [1.54, 1.807) is 11.8 Å². The Morgan fingerprint density at radius 1 is 1.58 bits per heavy atom. The van der Waals surface area contributed by atoms with E-state index in [1.165, 1.54) is 0 Å². The molecule has 0 spiro atoms. The fourth-order valence-electron chi connectivity index (χ4n) is 1.36. The van der Waals surface area contributed by atoms with Crippen LogP contribution in [0.1, 0.15) is 27.2 Å². The molecule has 4 heteroatoms. The van der Waals surface area contributed by atoms with Crippen molar-refractivity contribution in [2.24, 2.45) is 0 Å². The molecule has 1 rings (SSSR count). The first-order valence-corrected chi connectivity index (χ1v) is 4.21. The Kier molecular flexibility index (Phi) is 2.35. The Balaban J connectivity index is 2.76. The van der Waals surface area contributed by atoms with Gasteiger partial charge in [0.05, 0.1) is 0 Å². The molecule has 0 saturated carbocycles. The molecule has 1 saturated heterocycles. The van der Waals surface area contributed by atoms with Gasteiger partial charge < -0.3 is 4.90 Å². The van der Waals surface area contributed by atoms with Gasteiger partial charge in [-0.05, 0) is 20.3 Å². The smallest absolute Gasteiger partial charge is 0.310 e. The van der Waals surface area contributed by atoms with Crippen LogP contribution < -0.4 is 5.32 Å². The average molecular weight is 170 g/mol. The molecule has 1 fully saturated rings. The van der Waals surface area contributed by atoms with Crippen LogP contribution in [-0.4, -0.2) is 28.9 Å². The molecular weight excluding hydrogens is 156 g/mol. The lowest BCUT2D eigenvalue weighted by atomic mass is 10.2. The molecule has 0 aromatic heterocycles. The Morgan fingerprint density at radius 2 is 2.17 bits per heavy atom. The predicted molar refractivity (Wildman–Crippen MR) is 44.6 cm³/mol. The monoisotopic (exact) mass is 170 g/mol. The fourth-order valence-corrected chi connectivity index (χ4v) is 1.36. The summed E-state index contributed by atoms with van der Waals surface area (Å²) in [6, 6.07) is -0.444. The number of urea groups is 1. The molecule has 3 amide bonds. The van der Waals surface area contributed by atoms with E-state index in [1.807, 2.05) is 13.8 Å². The quantitative estimate of drug-likeness (QED) is 0.621. The van der Waals surface area contributed by atoms with E-state index >= 15 is 0 Å². The molecule has 0 aromatic rings. The summed E-state index contributed by atoms with van der Waals surface area (Å²) in [6.07, 6.45) is 0.866. The Hall–Kier alpha value is -1.06. The largest absolute Gasteiger partial charge is 0.325 e. The van der Waals surface area contributed by atoms with Crippen molar-refractivity contribution in [2.45, 2.75) is 39.3 Å². The van der Waals surface area contributed by atoms with Crippen LogP contribution in [0.2, 0.25) is 0 Å². The first-order valence-electron chi connectivity index (χ1n) is 4.21. The average Bonchev–Trinajstić information content (AvgIpc) is 2.26. The normalized spacial score (nSPS) is 25.9. The maximum Gasteiger partial charge on any atom is 0.325 e. The number of imide groups is 1. The minimum absolute atomic E-state index is 0.131. The van der Waals surface area contributed by atoms with Crippen LogP contribution in [0, 0.1) is 0 Å². The van der Waals surface area contributed by atoms with Gasteiger partial charge in [0.25, 0.3) is 5.91 Å². The highest BCUT2D eigenvalue weighted by Gasteiger charge is 2.36. The summed E-state index contributed by atoms with van der Waals surface area (Å²) in [5.74, 6) is -0.194. The molecule has 68 valence electrons. The summed E-state index contributed by atoms with van der Waals surface area (Å²) in [5.41, 5.74) is 0. The van der Waals surface area contributed by atoms with Crippen molar-refractivity contribution in [3.05, 3.63) is 0 Å². The SMILES string of the molecule is CCC(C)N1C(=O)NC(=O)C1C. The Morgan fingerprint density at radius 3 is 2.50 bits per heavy atom. The first kappa shape index (κ1) is 9.03. The summed E-state index contributed by atoms with van der Waals surface area (Å²) in [7, 11) is 0. The number of carbonyl (C=O) groups excluding carboxylic acids is 2. The number of amides is 3. The van der Waals surface area contributed by atoms with Crippen LogP contribution >= 0.6 is 0 Å². The van der Waals surface area contributed by atoms with Gasteiger partial charge in [-0.2, -0.15) is 0 Å². The van der Waals surface area contributed by atoms with Crippen molar-refractivity contribution >= 4 is 11.9 Å². The minimum Gasteiger partial charge on any atom is -0.310 e. The molecule has 0 bridgehead atoms. The molecule has 1 aliphatic rings. The first-order chi connectivity index (χ1) is 5.57. The number of hydrogen-bond donors (Lipinski definition) is 1. The standard InChI is InChI=1S/C8H14N2O2/c1-4-5(2)10-6(3)7(11)9-8(10)12/h5-6H,4H2,1-3H3,(H,9,11,12). The molecular formula is C8H14N2O2. The molecule has 12 heavy (non-hydrogen) atoms. The molecule has 1 aliphatic heterocycles. The highest BCUT2D eigenvalue weighted by molar-refractivity contribution is 6.04. The van der Waals surface area contributed by atoms with E-state index in [9.17, 15) is 9.59 Å². The van der Waals surface area contributed by atoms with Gasteiger partial charge in [-0.25, -0.2) is 4.79 Å². The summed E-state index contributed by atoms with van der Waals surface area (Å²) in [4.78, 5) is 23.8. The third kappa shape index (κ3) is 1.29. The van der Waals surface area contributed by atoms with Gasteiger partial charge in [0, 0.05) is 6.04 Å². The predicted octanol–water partition coefficient (Wildman–Crippen LogP) is 0.725. The van der Waals surface area contributed by atoms with E-state index < -0.39 is 0 Å². The Labute approximate surface area is 71.9 Å². The number of nitrogens with one attached hydrogen (secondary N) is 1. The van der Waals surface area contributed by atoms with E-state index in [2.05, 4.69) is 5.32 Å². The molecule has 0 aliphatic carbocycles. The van der Waals surface area contributed by atoms with Crippen LogP contribution in [-0.2, 0) is 4.79 Å². The maximum absolute atomic E-state index is 11.2. The third-order valence-corrected chi connectivity index (χ3v) is 2.33. The molecule has 0 radical (unpaired) electrons. The van der Waals surface area contributed by atoms with Crippen LogP contribution in [0.5, 0.6) is 0 Å². The number of hydrogen-bond acceptors (Lipinski definition) is 2. The summed E-state index contributed by atoms with van der Waals surface area (Å²) in [6.45, 7) is 5.68. The minimum atomic E-state index is -0.313. The van der Waals surface area contributed by atoms with Crippen LogP contribution in [0.25, 0.3) is 0 Å². The van der Waals surface area contributed by atoms with Crippen molar-refractivity contribution in [3.63, 3.8) is 0 Å². The lowest BCUT2D eigenvalue weighted by Crippen LogP contribution is -2.39. The van der Waals surface area contributed by atoms with Gasteiger partial charge in [-0.15, -0.1) is 0 Å². The molecule has 1 N–H and O–H groups in total. The zero-order valence-corrected chi connectivity index (χ0v) is 7.63. The Bertz CT molecular complexity index is 215. The topological polar surface area (TPSA) is 49.4 Å². The van der Waals surface area contributed by atoms with E-state index in [0.717, 1.165) is 6.42 Å². The van der Waals surface area contributed by atoms with Crippen molar-refractivity contribution in [2.75, 3.05) is 0 Å². The van der Waals surface area contributed by atoms with Gasteiger partial charge >= 0.3 is 6.03 Å². The van der Waals surface area contributed by atoms with Crippen molar-refractivity contribution in [1.29, 1.82) is 0 Å². The number of carbonyl (C=O) groups is 2. The van der Waals surface area contributed by atoms with Crippen molar-refractivity contribution in [3.8, 4) is 0 Å². The highest BCUT2D eigenvalue weighted by atomic mass is 16.2. The summed E-state index contributed by atoms with van der Waals surface area (Å²) in [5, 5.41) is 2.28. The second kappa shape index (κ2) is 3.13. The lowest BCUT2D eigenvalue weighted by molar-refractivity contribution is -0.121. The van der Waals surface area contributed by atoms with Gasteiger partial charge in [0.2, 0.25) is 0 Å². The van der Waals surface area contributed by atoms with Gasteiger partial charge in [-0.3, -0.25) is 10.1 Å². The maximum atomic E-state index is 11.2. The van der Waals surface area contributed by atoms with Gasteiger partial charge in [0.15, 0.2) is 0 Å². The summed E-state index contributed by atoms with van der Waals surface area (Å²) < 4.78 is 0. The number of rotatable bonds is 2. The second-order valence-corrected chi connectivity index (χ2v) is 3.13. The molecule has 2 atom stereocenters. The molecule has 0 aromatic carbocycles. The molecule has 1 heterocycles. The van der Waals surface area contributed by atoms with Crippen molar-refractivity contribution < 1.29 is 9.59 Å². The van der Waals surface area contributed by atoms with Crippen LogP contribution in [0.15, 0.2) is 0 Å². The van der Waals surface area contributed by atoms with E-state index in [4.69, 9.17) is 0 Å². The van der Waals surface area contributed by atoms with Crippen LogP contribution in [0.3, 0.4) is 0 Å². The third-order valence-electron chi connectivity index (χ3n) is 2.33. The highest BCUT2D eigenvalue weighted by Crippen LogP contribution is 2.13. The zero-order chi connectivity index (χ0) is 9.30. The lowest BCUT2D eigenvalue weighted by Gasteiger charge is -2.24. The fraction of sp³-hybridized carbons (Fsp3) is 0.750. The zero-order valence-electron chi connectivity index (χ0n) is 7.63. The van der Waals surface area contributed by atoms with Crippen LogP contribution in [0.4, 0.5) is 4.79 Å². The van der Waals surface area contributed by atoms with Crippen molar-refractivity contribution in [1.82, 2.24) is 10.2 Å². The van der Waals surface area contributed by atoms with E-state index in [-0.39, 0.29) is 24.0 Å². The van der Waals surface area contributed by atoms with Gasteiger partial charge in [0.1, 0.15) is 6.04 Å². The molecule has 2 unspecified atom stereocenters. The van der Waals surface area contributed by atoms with Gasteiger partial charge in [-0.1, -0.05) is 6.92 Å². The van der Waals surface area contributed by atoms with E-state index in [0.29, 0.717) is 0 Å². The number of nitrogens with zero attached hydrogens (tertiary/aromatic N) is 1. The second-order valence-electron chi connectivity index (χ2n) is 3.13. The molecule has 4 nitrogen and oxygen atoms in total.